The Balaban J connectivity index is 2.04. The van der Waals surface area contributed by atoms with Gasteiger partial charge in [-0.15, -0.1) is 0 Å². The molecule has 2 aromatic heterocycles. The van der Waals surface area contributed by atoms with Crippen molar-refractivity contribution < 1.29 is 26.3 Å². The van der Waals surface area contributed by atoms with E-state index in [1.807, 2.05) is 0 Å². The lowest BCUT2D eigenvalue weighted by atomic mass is 9.88. The number of hydrogen-bond acceptors (Lipinski definition) is 2. The van der Waals surface area contributed by atoms with Gasteiger partial charge in [0.1, 0.15) is 16.8 Å². The highest BCUT2D eigenvalue weighted by molar-refractivity contribution is 6.33. The van der Waals surface area contributed by atoms with Crippen molar-refractivity contribution in [1.82, 2.24) is 19.7 Å². The standard InChI is InChI=1S/C23H19ClF6N4/c1-21(2,3)19-16(23(28,29)30)18(34(4)33-19)20-31-15-10-11(12-7-5-6-8-14(12)24)9-13(17(15)32-20)22(25,26)27/h5-10H,1-4H3,(H,31,32). The van der Waals surface area contributed by atoms with Gasteiger partial charge in [0, 0.05) is 23.0 Å². The van der Waals surface area contributed by atoms with Gasteiger partial charge in [0.25, 0.3) is 0 Å². The Labute approximate surface area is 195 Å². The van der Waals surface area contributed by atoms with E-state index >= 15 is 0 Å². The Morgan fingerprint density at radius 1 is 0.941 bits per heavy atom. The second kappa shape index (κ2) is 7.76. The van der Waals surface area contributed by atoms with Crippen LogP contribution in [0.3, 0.4) is 0 Å². The summed E-state index contributed by atoms with van der Waals surface area (Å²) in [5.41, 5.74) is -3.85. The lowest BCUT2D eigenvalue weighted by Crippen LogP contribution is -2.19. The summed E-state index contributed by atoms with van der Waals surface area (Å²) in [5, 5.41) is 4.27. The minimum atomic E-state index is -4.81. The lowest BCUT2D eigenvalue weighted by Gasteiger charge is -2.19. The molecule has 0 fully saturated rings. The third-order valence-electron chi connectivity index (χ3n) is 5.34. The van der Waals surface area contributed by atoms with Crippen molar-refractivity contribution in [3.63, 3.8) is 0 Å². The SMILES string of the molecule is Cn1nc(C(C)(C)C)c(C(F)(F)F)c1-c1nc2c(C(F)(F)F)cc(-c3ccccc3Cl)cc2[nH]1. The van der Waals surface area contributed by atoms with Crippen molar-refractivity contribution in [2.24, 2.45) is 7.05 Å². The fourth-order valence-electron chi connectivity index (χ4n) is 3.89. The van der Waals surface area contributed by atoms with E-state index in [1.165, 1.54) is 19.2 Å². The predicted octanol–water partition coefficient (Wildman–Crippen LogP) is 7.62. The van der Waals surface area contributed by atoms with E-state index in [0.717, 1.165) is 10.7 Å². The predicted molar refractivity (Wildman–Crippen MR) is 117 cm³/mol. The second-order valence-corrected chi connectivity index (χ2v) is 9.33. The summed E-state index contributed by atoms with van der Waals surface area (Å²) in [6.07, 6.45) is -9.61. The number of halogens is 7. The first-order chi connectivity index (χ1) is 15.6. The molecule has 0 unspecified atom stereocenters. The van der Waals surface area contributed by atoms with Gasteiger partial charge in [0.15, 0.2) is 5.82 Å². The summed E-state index contributed by atoms with van der Waals surface area (Å²) < 4.78 is 85.1. The molecule has 1 N–H and O–H groups in total. The molecule has 0 amide bonds. The maximum absolute atomic E-state index is 14.1. The van der Waals surface area contributed by atoms with Gasteiger partial charge >= 0.3 is 12.4 Å². The van der Waals surface area contributed by atoms with Crippen LogP contribution in [0.5, 0.6) is 0 Å². The van der Waals surface area contributed by atoms with Crippen LogP contribution in [0.1, 0.15) is 37.6 Å². The van der Waals surface area contributed by atoms with Gasteiger partial charge in [0.2, 0.25) is 0 Å². The van der Waals surface area contributed by atoms with E-state index in [4.69, 9.17) is 11.6 Å². The van der Waals surface area contributed by atoms with Crippen LogP contribution < -0.4 is 0 Å². The first-order valence-corrected chi connectivity index (χ1v) is 10.5. The molecule has 4 aromatic rings. The van der Waals surface area contributed by atoms with E-state index < -0.39 is 40.1 Å². The molecule has 0 saturated carbocycles. The highest BCUT2D eigenvalue weighted by Gasteiger charge is 2.44. The largest absolute Gasteiger partial charge is 0.420 e. The van der Waals surface area contributed by atoms with Crippen molar-refractivity contribution in [3.05, 3.63) is 58.2 Å². The van der Waals surface area contributed by atoms with Crippen molar-refractivity contribution in [2.45, 2.75) is 38.5 Å². The van der Waals surface area contributed by atoms with Crippen molar-refractivity contribution in [2.75, 3.05) is 0 Å². The summed E-state index contributed by atoms with van der Waals surface area (Å²) in [6, 6.07) is 8.62. The molecule has 180 valence electrons. The number of nitrogens with one attached hydrogen (secondary N) is 1. The highest BCUT2D eigenvalue weighted by Crippen LogP contribution is 2.44. The Morgan fingerprint density at radius 2 is 1.59 bits per heavy atom. The van der Waals surface area contributed by atoms with Gasteiger partial charge in [-0.25, -0.2) is 4.98 Å². The van der Waals surface area contributed by atoms with Crippen molar-refractivity contribution in [1.29, 1.82) is 0 Å². The number of imidazole rings is 1. The number of fused-ring (bicyclic) bond motifs is 1. The minimum Gasteiger partial charge on any atom is -0.337 e. The van der Waals surface area contributed by atoms with Gasteiger partial charge in [-0.05, 0) is 23.8 Å². The fraction of sp³-hybridized carbons (Fsp3) is 0.304. The Bertz CT molecular complexity index is 1390. The monoisotopic (exact) mass is 500 g/mol. The molecule has 4 nitrogen and oxygen atoms in total. The van der Waals surface area contributed by atoms with Gasteiger partial charge in [-0.2, -0.15) is 31.4 Å². The van der Waals surface area contributed by atoms with Crippen LogP contribution in [0.2, 0.25) is 5.02 Å². The van der Waals surface area contributed by atoms with Crippen LogP contribution >= 0.6 is 11.6 Å². The van der Waals surface area contributed by atoms with Gasteiger partial charge in [-0.1, -0.05) is 50.6 Å². The number of hydrogen-bond donors (Lipinski definition) is 1. The molecular formula is C23H19ClF6N4. The zero-order valence-corrected chi connectivity index (χ0v) is 19.2. The molecule has 4 rings (SSSR count). The Kier molecular flexibility index (Phi) is 5.51. The molecule has 11 heteroatoms. The molecule has 0 saturated heterocycles. The second-order valence-electron chi connectivity index (χ2n) is 8.93. The third-order valence-corrected chi connectivity index (χ3v) is 5.67. The van der Waals surface area contributed by atoms with Gasteiger partial charge < -0.3 is 4.98 Å². The first kappa shape index (κ1) is 24.1. The zero-order valence-electron chi connectivity index (χ0n) is 18.5. The summed E-state index contributed by atoms with van der Waals surface area (Å²) in [4.78, 5) is 6.62. The Hall–Kier alpha value is -3.01. The molecule has 0 aliphatic rings. The maximum atomic E-state index is 14.1. The number of aromatic nitrogens is 4. The summed E-state index contributed by atoms with van der Waals surface area (Å²) in [6.45, 7) is 4.72. The number of aryl methyl sites for hydroxylation is 1. The van der Waals surface area contributed by atoms with E-state index in [-0.39, 0.29) is 27.6 Å². The van der Waals surface area contributed by atoms with Crippen LogP contribution in [0, 0.1) is 0 Å². The third kappa shape index (κ3) is 4.15. The van der Waals surface area contributed by atoms with Crippen LogP contribution in [0.15, 0.2) is 36.4 Å². The molecule has 0 aliphatic carbocycles. The van der Waals surface area contributed by atoms with Crippen LogP contribution in [-0.4, -0.2) is 19.7 Å². The number of aromatic amines is 1. The molecule has 0 spiro atoms. The normalized spacial score (nSPS) is 13.1. The number of benzene rings is 2. The first-order valence-electron chi connectivity index (χ1n) is 10.1. The number of H-pyrrole nitrogens is 1. The van der Waals surface area contributed by atoms with E-state index in [0.29, 0.717) is 5.56 Å². The van der Waals surface area contributed by atoms with Crippen molar-refractivity contribution in [3.8, 4) is 22.6 Å². The maximum Gasteiger partial charge on any atom is 0.420 e. The lowest BCUT2D eigenvalue weighted by molar-refractivity contribution is -0.138. The number of rotatable bonds is 2. The molecule has 2 aromatic carbocycles. The molecule has 34 heavy (non-hydrogen) atoms. The molecule has 0 bridgehead atoms. The molecular weight excluding hydrogens is 482 g/mol. The van der Waals surface area contributed by atoms with Crippen LogP contribution in [0.25, 0.3) is 33.7 Å². The molecule has 0 aliphatic heterocycles. The van der Waals surface area contributed by atoms with E-state index in [9.17, 15) is 26.3 Å². The Morgan fingerprint density at radius 3 is 2.15 bits per heavy atom. The highest BCUT2D eigenvalue weighted by atomic mass is 35.5. The quantitative estimate of drug-likeness (QED) is 0.288. The van der Waals surface area contributed by atoms with Crippen LogP contribution in [-0.2, 0) is 24.8 Å². The summed E-state index contributed by atoms with van der Waals surface area (Å²) >= 11 is 6.17. The number of alkyl halides is 6. The molecule has 0 atom stereocenters. The summed E-state index contributed by atoms with van der Waals surface area (Å²) in [7, 11) is 1.30. The average Bonchev–Trinajstić information content (AvgIpc) is 3.26. The fourth-order valence-corrected chi connectivity index (χ4v) is 4.13. The number of nitrogens with zero attached hydrogens (tertiary/aromatic N) is 3. The van der Waals surface area contributed by atoms with Crippen molar-refractivity contribution >= 4 is 22.6 Å². The van der Waals surface area contributed by atoms with Crippen LogP contribution in [0.4, 0.5) is 26.3 Å². The average molecular weight is 501 g/mol. The van der Waals surface area contributed by atoms with E-state index in [1.54, 1.807) is 39.0 Å². The smallest absolute Gasteiger partial charge is 0.337 e. The minimum absolute atomic E-state index is 0.0774. The topological polar surface area (TPSA) is 46.5 Å². The summed E-state index contributed by atoms with van der Waals surface area (Å²) in [5.74, 6) is -0.366. The molecule has 0 radical (unpaired) electrons. The zero-order chi connectivity index (χ0) is 25.2. The molecule has 2 heterocycles. The van der Waals surface area contributed by atoms with E-state index in [2.05, 4.69) is 15.1 Å². The van der Waals surface area contributed by atoms with Gasteiger partial charge in [0.05, 0.1) is 16.8 Å². The van der Waals surface area contributed by atoms with Gasteiger partial charge in [-0.3, -0.25) is 4.68 Å².